The molecule has 0 saturated heterocycles. The van der Waals surface area contributed by atoms with Crippen LogP contribution in [0.25, 0.3) is 0 Å². The zero-order valence-corrected chi connectivity index (χ0v) is 11.8. The molecule has 0 fully saturated rings. The third-order valence-electron chi connectivity index (χ3n) is 3.24. The highest BCUT2D eigenvalue weighted by molar-refractivity contribution is 6.35. The summed E-state index contributed by atoms with van der Waals surface area (Å²) in [7, 11) is 0. The first-order valence-electron chi connectivity index (χ1n) is 6.61. The van der Waals surface area contributed by atoms with Gasteiger partial charge in [0.25, 0.3) is 5.91 Å². The van der Waals surface area contributed by atoms with Gasteiger partial charge < -0.3 is 10.2 Å². The molecule has 1 aliphatic heterocycles. The smallest absolute Gasteiger partial charge is 0.290 e. The van der Waals surface area contributed by atoms with Crippen LogP contribution in [0.1, 0.15) is 37.9 Å². The Morgan fingerprint density at radius 3 is 2.50 bits per heavy atom. The number of hydrogen-bond acceptors (Lipinski definition) is 3. The fourth-order valence-corrected chi connectivity index (χ4v) is 2.43. The van der Waals surface area contributed by atoms with Crippen LogP contribution in [-0.4, -0.2) is 28.5 Å². The standard InChI is InChI=1S/C15H18N2O3/c1-9(2)16-14(19)13-12-7-5-4-6-11(12)8-17(13)15(20)10(3)18/h4-7,9,13H,8H2,1-3H3,(H,16,19). The molecule has 0 bridgehead atoms. The van der Waals surface area contributed by atoms with Gasteiger partial charge in [-0.25, -0.2) is 0 Å². The van der Waals surface area contributed by atoms with Crippen molar-refractivity contribution in [2.45, 2.75) is 39.4 Å². The Hall–Kier alpha value is -2.17. The molecule has 0 aromatic heterocycles. The lowest BCUT2D eigenvalue weighted by molar-refractivity contribution is -0.148. The molecule has 1 N–H and O–H groups in total. The summed E-state index contributed by atoms with van der Waals surface area (Å²) < 4.78 is 0. The van der Waals surface area contributed by atoms with Gasteiger partial charge in [-0.1, -0.05) is 24.3 Å². The second kappa shape index (κ2) is 5.45. The Bertz CT molecular complexity index is 566. The van der Waals surface area contributed by atoms with Crippen LogP contribution in [0.15, 0.2) is 24.3 Å². The van der Waals surface area contributed by atoms with E-state index in [4.69, 9.17) is 0 Å². The van der Waals surface area contributed by atoms with Crippen LogP contribution in [0.4, 0.5) is 0 Å². The molecule has 2 amide bonds. The number of carbonyl (C=O) groups excluding carboxylic acids is 3. The SMILES string of the molecule is CC(=O)C(=O)N1Cc2ccccc2C1C(=O)NC(C)C. The predicted octanol–water partition coefficient (Wildman–Crippen LogP) is 1.18. The van der Waals surface area contributed by atoms with Gasteiger partial charge in [0.15, 0.2) is 0 Å². The van der Waals surface area contributed by atoms with Crippen molar-refractivity contribution in [2.24, 2.45) is 0 Å². The molecule has 0 saturated carbocycles. The van der Waals surface area contributed by atoms with Crippen molar-refractivity contribution >= 4 is 17.6 Å². The lowest BCUT2D eigenvalue weighted by Crippen LogP contribution is -2.43. The van der Waals surface area contributed by atoms with Crippen LogP contribution >= 0.6 is 0 Å². The van der Waals surface area contributed by atoms with Gasteiger partial charge in [0.05, 0.1) is 0 Å². The molecule has 5 heteroatoms. The van der Waals surface area contributed by atoms with Crippen molar-refractivity contribution in [3.8, 4) is 0 Å². The number of ketones is 1. The topological polar surface area (TPSA) is 66.5 Å². The van der Waals surface area contributed by atoms with Crippen LogP contribution in [0.3, 0.4) is 0 Å². The van der Waals surface area contributed by atoms with E-state index in [1.165, 1.54) is 11.8 Å². The number of rotatable bonds is 3. The van der Waals surface area contributed by atoms with E-state index in [1.807, 2.05) is 38.1 Å². The van der Waals surface area contributed by atoms with Crippen molar-refractivity contribution < 1.29 is 14.4 Å². The van der Waals surface area contributed by atoms with Crippen LogP contribution in [0.2, 0.25) is 0 Å². The summed E-state index contributed by atoms with van der Waals surface area (Å²) in [6.07, 6.45) is 0. The molecule has 2 rings (SSSR count). The largest absolute Gasteiger partial charge is 0.352 e. The fraction of sp³-hybridized carbons (Fsp3) is 0.400. The summed E-state index contributed by atoms with van der Waals surface area (Å²) in [5.41, 5.74) is 1.70. The first kappa shape index (κ1) is 14.2. The highest BCUT2D eigenvalue weighted by Crippen LogP contribution is 2.33. The zero-order valence-electron chi connectivity index (χ0n) is 11.8. The fourth-order valence-electron chi connectivity index (χ4n) is 2.43. The molecular formula is C15H18N2O3. The summed E-state index contributed by atoms with van der Waals surface area (Å²) >= 11 is 0. The van der Waals surface area contributed by atoms with Crippen molar-refractivity contribution in [2.75, 3.05) is 0 Å². The molecular weight excluding hydrogens is 256 g/mol. The summed E-state index contributed by atoms with van der Waals surface area (Å²) in [5.74, 6) is -1.43. The second-order valence-electron chi connectivity index (χ2n) is 5.25. The highest BCUT2D eigenvalue weighted by Gasteiger charge is 2.39. The van der Waals surface area contributed by atoms with Gasteiger partial charge in [-0.05, 0) is 25.0 Å². The minimum Gasteiger partial charge on any atom is -0.352 e. The highest BCUT2D eigenvalue weighted by atomic mass is 16.2. The van der Waals surface area contributed by atoms with E-state index in [-0.39, 0.29) is 11.9 Å². The third kappa shape index (κ3) is 2.57. The van der Waals surface area contributed by atoms with E-state index in [9.17, 15) is 14.4 Å². The maximum atomic E-state index is 12.3. The summed E-state index contributed by atoms with van der Waals surface area (Å²) in [6.45, 7) is 5.24. The van der Waals surface area contributed by atoms with E-state index < -0.39 is 17.7 Å². The maximum Gasteiger partial charge on any atom is 0.290 e. The van der Waals surface area contributed by atoms with E-state index in [2.05, 4.69) is 5.32 Å². The second-order valence-corrected chi connectivity index (χ2v) is 5.25. The number of Topliss-reactive ketones (excluding diaryl/α,β-unsaturated/α-hetero) is 1. The van der Waals surface area contributed by atoms with Gasteiger partial charge in [0, 0.05) is 19.5 Å². The molecule has 1 unspecified atom stereocenters. The van der Waals surface area contributed by atoms with Crippen molar-refractivity contribution in [1.29, 1.82) is 0 Å². The van der Waals surface area contributed by atoms with E-state index >= 15 is 0 Å². The number of carbonyl (C=O) groups is 3. The quantitative estimate of drug-likeness (QED) is 0.842. The molecule has 0 radical (unpaired) electrons. The monoisotopic (exact) mass is 274 g/mol. The van der Waals surface area contributed by atoms with Crippen molar-refractivity contribution in [1.82, 2.24) is 10.2 Å². The summed E-state index contributed by atoms with van der Waals surface area (Å²) in [5, 5.41) is 2.81. The molecule has 1 aromatic rings. The van der Waals surface area contributed by atoms with Crippen LogP contribution in [0, 0.1) is 0 Å². The Morgan fingerprint density at radius 1 is 1.25 bits per heavy atom. The Labute approximate surface area is 118 Å². The number of benzene rings is 1. The molecule has 0 spiro atoms. The first-order chi connectivity index (χ1) is 9.41. The number of nitrogens with zero attached hydrogens (tertiary/aromatic N) is 1. The normalized spacial score (nSPS) is 17.0. The molecule has 5 nitrogen and oxygen atoms in total. The summed E-state index contributed by atoms with van der Waals surface area (Å²) in [6, 6.07) is 6.65. The van der Waals surface area contributed by atoms with Gasteiger partial charge in [-0.15, -0.1) is 0 Å². The predicted molar refractivity (Wildman–Crippen MR) is 73.7 cm³/mol. The van der Waals surface area contributed by atoms with Crippen LogP contribution < -0.4 is 5.32 Å². The van der Waals surface area contributed by atoms with Crippen LogP contribution in [-0.2, 0) is 20.9 Å². The van der Waals surface area contributed by atoms with Gasteiger partial charge in [-0.2, -0.15) is 0 Å². The molecule has 0 aliphatic carbocycles. The van der Waals surface area contributed by atoms with Gasteiger partial charge in [0.2, 0.25) is 11.7 Å². The van der Waals surface area contributed by atoms with E-state index in [1.54, 1.807) is 0 Å². The average Bonchev–Trinajstić information content (AvgIpc) is 2.75. The van der Waals surface area contributed by atoms with Crippen molar-refractivity contribution in [3.05, 3.63) is 35.4 Å². The molecule has 1 heterocycles. The molecule has 106 valence electrons. The first-order valence-corrected chi connectivity index (χ1v) is 6.61. The number of nitrogens with one attached hydrogen (secondary N) is 1. The lowest BCUT2D eigenvalue weighted by atomic mass is 10.0. The van der Waals surface area contributed by atoms with E-state index in [0.29, 0.717) is 6.54 Å². The average molecular weight is 274 g/mol. The van der Waals surface area contributed by atoms with E-state index in [0.717, 1.165) is 11.1 Å². The van der Waals surface area contributed by atoms with Crippen molar-refractivity contribution in [3.63, 3.8) is 0 Å². The number of hydrogen-bond donors (Lipinski definition) is 1. The van der Waals surface area contributed by atoms with Crippen LogP contribution in [0.5, 0.6) is 0 Å². The zero-order chi connectivity index (χ0) is 14.9. The van der Waals surface area contributed by atoms with Gasteiger partial charge in [-0.3, -0.25) is 14.4 Å². The number of amides is 2. The minimum atomic E-state index is -0.718. The summed E-state index contributed by atoms with van der Waals surface area (Å²) in [4.78, 5) is 37.0. The number of fused-ring (bicyclic) bond motifs is 1. The Morgan fingerprint density at radius 2 is 1.90 bits per heavy atom. The third-order valence-corrected chi connectivity index (χ3v) is 3.24. The lowest BCUT2D eigenvalue weighted by Gasteiger charge is -2.24. The minimum absolute atomic E-state index is 0.0236. The van der Waals surface area contributed by atoms with Gasteiger partial charge in [0.1, 0.15) is 6.04 Å². The molecule has 20 heavy (non-hydrogen) atoms. The molecule has 1 aliphatic rings. The maximum absolute atomic E-state index is 12.3. The Balaban J connectivity index is 2.37. The molecule has 1 aromatic carbocycles. The van der Waals surface area contributed by atoms with Gasteiger partial charge >= 0.3 is 0 Å². The molecule has 1 atom stereocenters. The Kier molecular flexibility index (Phi) is 3.88.